The molecule has 0 spiro atoms. The van der Waals surface area contributed by atoms with Gasteiger partial charge in [0, 0.05) is 57.8 Å². The fourth-order valence-corrected chi connectivity index (χ4v) is 2.21. The molecule has 1 aromatic carbocycles. The Morgan fingerprint density at radius 2 is 1.67 bits per heavy atom. The number of rotatable bonds is 2. The fourth-order valence-electron chi connectivity index (χ4n) is 2.21. The Morgan fingerprint density at radius 1 is 0.952 bits per heavy atom. The third kappa shape index (κ3) is 2.31. The first-order valence-corrected chi connectivity index (χ1v) is 6.69. The first kappa shape index (κ1) is 13.4. The van der Waals surface area contributed by atoms with Crippen LogP contribution in [0.1, 0.15) is 0 Å². The molecular formula is C16H17N3O2. The van der Waals surface area contributed by atoms with Crippen LogP contribution in [0.3, 0.4) is 0 Å². The summed E-state index contributed by atoms with van der Waals surface area (Å²) in [5.74, 6) is 0.509. The van der Waals surface area contributed by atoms with Crippen molar-refractivity contribution in [3.8, 4) is 11.5 Å². The summed E-state index contributed by atoms with van der Waals surface area (Å²) >= 11 is 0. The van der Waals surface area contributed by atoms with Gasteiger partial charge in [-0.2, -0.15) is 0 Å². The molecule has 2 aliphatic rings. The van der Waals surface area contributed by atoms with Crippen molar-refractivity contribution < 1.29 is 4.42 Å². The highest BCUT2D eigenvalue weighted by molar-refractivity contribution is 5.80. The third-order valence-corrected chi connectivity index (χ3v) is 3.45. The van der Waals surface area contributed by atoms with Gasteiger partial charge < -0.3 is 14.2 Å². The molecule has 1 aliphatic carbocycles. The van der Waals surface area contributed by atoms with Crippen LogP contribution in [0, 0.1) is 0 Å². The standard InChI is InChI=1S/C16H17N3O2/c1-18(2)10-5-6-12-14(8-10)21-15-9-11(19(3)4)7-13(20)16(15)17-12/h5-9H,1-4H3. The summed E-state index contributed by atoms with van der Waals surface area (Å²) in [6.45, 7) is 0. The van der Waals surface area contributed by atoms with Gasteiger partial charge in [-0.15, -0.1) is 0 Å². The Labute approximate surface area is 122 Å². The van der Waals surface area contributed by atoms with Crippen LogP contribution >= 0.6 is 0 Å². The maximum Gasteiger partial charge on any atom is 0.210 e. The van der Waals surface area contributed by atoms with E-state index in [4.69, 9.17) is 4.42 Å². The second-order valence-electron chi connectivity index (χ2n) is 5.45. The van der Waals surface area contributed by atoms with Gasteiger partial charge in [-0.3, -0.25) is 4.79 Å². The summed E-state index contributed by atoms with van der Waals surface area (Å²) in [4.78, 5) is 20.5. The Balaban J connectivity index is 2.31. The van der Waals surface area contributed by atoms with E-state index in [1.165, 1.54) is 0 Å². The summed E-state index contributed by atoms with van der Waals surface area (Å²) in [7, 11) is 7.71. The Morgan fingerprint density at radius 3 is 2.33 bits per heavy atom. The van der Waals surface area contributed by atoms with Crippen molar-refractivity contribution in [1.29, 1.82) is 0 Å². The SMILES string of the molecule is CN(C)c1cc2oc3cc(N(C)C)ccc3nc-2c(=O)c1. The van der Waals surface area contributed by atoms with Crippen LogP contribution < -0.4 is 15.2 Å². The molecule has 1 aliphatic heterocycles. The summed E-state index contributed by atoms with van der Waals surface area (Å²) in [6, 6.07) is 9.16. The van der Waals surface area contributed by atoms with E-state index in [0.717, 1.165) is 11.4 Å². The zero-order chi connectivity index (χ0) is 15.1. The Bertz CT molecular complexity index is 837. The highest BCUT2D eigenvalue weighted by Crippen LogP contribution is 2.27. The van der Waals surface area contributed by atoms with Crippen LogP contribution in [0.4, 0.5) is 11.4 Å². The Hall–Kier alpha value is -2.56. The molecule has 5 nitrogen and oxygen atoms in total. The minimum atomic E-state index is -0.126. The van der Waals surface area contributed by atoms with E-state index >= 15 is 0 Å². The van der Waals surface area contributed by atoms with E-state index in [2.05, 4.69) is 4.98 Å². The molecule has 0 aromatic heterocycles. The van der Waals surface area contributed by atoms with Crippen LogP contribution in [-0.4, -0.2) is 33.2 Å². The first-order valence-electron chi connectivity index (χ1n) is 6.69. The molecule has 0 fully saturated rings. The molecule has 0 saturated carbocycles. The average Bonchev–Trinajstić information content (AvgIpc) is 2.44. The summed E-state index contributed by atoms with van der Waals surface area (Å²) in [5.41, 5.74) is 3.43. The topological polar surface area (TPSA) is 49.6 Å². The number of aromatic nitrogens is 1. The van der Waals surface area contributed by atoms with Gasteiger partial charge in [0.25, 0.3) is 0 Å². The van der Waals surface area contributed by atoms with Gasteiger partial charge in [0.15, 0.2) is 17.0 Å². The zero-order valence-electron chi connectivity index (χ0n) is 12.5. The molecule has 3 rings (SSSR count). The van der Waals surface area contributed by atoms with Crippen molar-refractivity contribution in [2.45, 2.75) is 0 Å². The summed E-state index contributed by atoms with van der Waals surface area (Å²) in [6.07, 6.45) is 0. The number of benzene rings is 2. The molecule has 108 valence electrons. The minimum absolute atomic E-state index is 0.126. The molecule has 0 atom stereocenters. The van der Waals surface area contributed by atoms with Crippen LogP contribution in [-0.2, 0) is 0 Å². The lowest BCUT2D eigenvalue weighted by molar-refractivity contribution is 0.612. The van der Waals surface area contributed by atoms with Crippen LogP contribution in [0.25, 0.3) is 22.6 Å². The minimum Gasteiger partial charge on any atom is -0.453 e. The lowest BCUT2D eigenvalue weighted by atomic mass is 10.2. The fraction of sp³-hybridized carbons (Fsp3) is 0.250. The number of hydrogen-bond donors (Lipinski definition) is 0. The second kappa shape index (κ2) is 4.77. The van der Waals surface area contributed by atoms with Gasteiger partial charge in [-0.1, -0.05) is 0 Å². The maximum absolute atomic E-state index is 12.2. The zero-order valence-corrected chi connectivity index (χ0v) is 12.5. The van der Waals surface area contributed by atoms with Gasteiger partial charge in [-0.25, -0.2) is 4.98 Å². The molecule has 21 heavy (non-hydrogen) atoms. The molecule has 1 aromatic rings. The van der Waals surface area contributed by atoms with E-state index in [9.17, 15) is 4.79 Å². The maximum atomic E-state index is 12.2. The van der Waals surface area contributed by atoms with E-state index in [0.29, 0.717) is 22.6 Å². The lowest BCUT2D eigenvalue weighted by Crippen LogP contribution is -2.15. The van der Waals surface area contributed by atoms with Gasteiger partial charge in [0.2, 0.25) is 5.43 Å². The van der Waals surface area contributed by atoms with E-state index < -0.39 is 0 Å². The average molecular weight is 283 g/mol. The lowest BCUT2D eigenvalue weighted by Gasteiger charge is -2.15. The second-order valence-corrected chi connectivity index (χ2v) is 5.45. The van der Waals surface area contributed by atoms with Crippen LogP contribution in [0.15, 0.2) is 39.5 Å². The molecule has 1 heterocycles. The van der Waals surface area contributed by atoms with Crippen molar-refractivity contribution >= 4 is 22.5 Å². The molecule has 0 bridgehead atoms. The summed E-state index contributed by atoms with van der Waals surface area (Å²) < 4.78 is 5.89. The molecule has 0 N–H and O–H groups in total. The number of anilines is 2. The van der Waals surface area contributed by atoms with Crippen molar-refractivity contribution in [3.05, 3.63) is 40.6 Å². The molecule has 0 unspecified atom stereocenters. The highest BCUT2D eigenvalue weighted by atomic mass is 16.3. The van der Waals surface area contributed by atoms with Crippen molar-refractivity contribution in [2.75, 3.05) is 38.0 Å². The van der Waals surface area contributed by atoms with E-state index in [1.807, 2.05) is 62.3 Å². The smallest absolute Gasteiger partial charge is 0.210 e. The van der Waals surface area contributed by atoms with Crippen LogP contribution in [0.5, 0.6) is 0 Å². The predicted molar refractivity (Wildman–Crippen MR) is 85.6 cm³/mol. The predicted octanol–water partition coefficient (Wildman–Crippen LogP) is 2.42. The Kier molecular flexibility index (Phi) is 3.05. The van der Waals surface area contributed by atoms with E-state index in [1.54, 1.807) is 6.07 Å². The van der Waals surface area contributed by atoms with Crippen LogP contribution in [0.2, 0.25) is 0 Å². The van der Waals surface area contributed by atoms with Crippen molar-refractivity contribution in [2.24, 2.45) is 0 Å². The molecular weight excluding hydrogens is 266 g/mol. The van der Waals surface area contributed by atoms with Gasteiger partial charge in [-0.05, 0) is 12.1 Å². The number of nitrogens with zero attached hydrogens (tertiary/aromatic N) is 3. The highest BCUT2D eigenvalue weighted by Gasteiger charge is 2.15. The number of fused-ring (bicyclic) bond motifs is 2. The number of hydrogen-bond acceptors (Lipinski definition) is 5. The molecule has 0 saturated heterocycles. The van der Waals surface area contributed by atoms with Gasteiger partial charge >= 0.3 is 0 Å². The van der Waals surface area contributed by atoms with Gasteiger partial charge in [0.1, 0.15) is 5.52 Å². The molecule has 0 amide bonds. The normalized spacial score (nSPS) is 11.0. The third-order valence-electron chi connectivity index (χ3n) is 3.45. The first-order chi connectivity index (χ1) is 9.95. The van der Waals surface area contributed by atoms with E-state index in [-0.39, 0.29) is 5.43 Å². The van der Waals surface area contributed by atoms with Crippen molar-refractivity contribution in [1.82, 2.24) is 4.98 Å². The largest absolute Gasteiger partial charge is 0.453 e. The summed E-state index contributed by atoms with van der Waals surface area (Å²) in [5, 5.41) is 0. The monoisotopic (exact) mass is 283 g/mol. The quantitative estimate of drug-likeness (QED) is 0.676. The molecule has 0 radical (unpaired) electrons. The van der Waals surface area contributed by atoms with Gasteiger partial charge in [0.05, 0.1) is 0 Å². The van der Waals surface area contributed by atoms with Crippen molar-refractivity contribution in [3.63, 3.8) is 0 Å². The molecule has 5 heteroatoms.